The zero-order chi connectivity index (χ0) is 10.8. The summed E-state index contributed by atoms with van der Waals surface area (Å²) in [5.41, 5.74) is 7.22. The lowest BCUT2D eigenvalue weighted by Gasteiger charge is -2.27. The first-order valence-corrected chi connectivity index (χ1v) is 4.70. The predicted molar refractivity (Wildman–Crippen MR) is 57.2 cm³/mol. The van der Waals surface area contributed by atoms with Gasteiger partial charge in [-0.15, -0.1) is 0 Å². The Hall–Kier alpha value is -1.09. The molecule has 3 nitrogen and oxygen atoms in total. The summed E-state index contributed by atoms with van der Waals surface area (Å²) in [6.45, 7) is 6.35. The third-order valence-electron chi connectivity index (χ3n) is 2.26. The highest BCUT2D eigenvalue weighted by atomic mass is 16.5. The van der Waals surface area contributed by atoms with E-state index in [1.807, 2.05) is 12.1 Å². The normalized spacial score (nSPS) is 13.8. The number of hydrogen-bond donors (Lipinski definition) is 1. The molecule has 3 heteroatoms. The van der Waals surface area contributed by atoms with E-state index in [9.17, 15) is 0 Å². The Balaban J connectivity index is 2.95. The smallest absolute Gasteiger partial charge is 0.213 e. The fraction of sp³-hybridized carbons (Fsp3) is 0.545. The predicted octanol–water partition coefficient (Wildman–Crippen LogP) is 2.14. The minimum absolute atomic E-state index is 0.000556. The molecule has 14 heavy (non-hydrogen) atoms. The third-order valence-corrected chi connectivity index (χ3v) is 2.26. The van der Waals surface area contributed by atoms with Crippen LogP contribution >= 0.6 is 0 Å². The van der Waals surface area contributed by atoms with Crippen LogP contribution in [0, 0.1) is 5.41 Å². The van der Waals surface area contributed by atoms with E-state index in [2.05, 4.69) is 25.8 Å². The van der Waals surface area contributed by atoms with Gasteiger partial charge in [0.25, 0.3) is 0 Å². The molecule has 0 radical (unpaired) electrons. The summed E-state index contributed by atoms with van der Waals surface area (Å²) in [7, 11) is 1.61. The first kappa shape index (κ1) is 11.0. The van der Waals surface area contributed by atoms with Gasteiger partial charge in [-0.3, -0.25) is 0 Å². The molecule has 1 atom stereocenters. The van der Waals surface area contributed by atoms with Gasteiger partial charge in [-0.05, 0) is 17.0 Å². The van der Waals surface area contributed by atoms with Crippen molar-refractivity contribution in [2.45, 2.75) is 26.8 Å². The van der Waals surface area contributed by atoms with Crippen LogP contribution in [0.2, 0.25) is 0 Å². The Morgan fingerprint density at radius 2 is 2.07 bits per heavy atom. The van der Waals surface area contributed by atoms with E-state index < -0.39 is 0 Å². The Bertz CT molecular complexity index is 304. The highest BCUT2D eigenvalue weighted by molar-refractivity contribution is 5.24. The Labute approximate surface area is 85.3 Å². The summed E-state index contributed by atoms with van der Waals surface area (Å²) < 4.78 is 5.05. The van der Waals surface area contributed by atoms with Crippen molar-refractivity contribution in [3.05, 3.63) is 23.9 Å². The van der Waals surface area contributed by atoms with E-state index in [1.165, 1.54) is 0 Å². The van der Waals surface area contributed by atoms with Crippen LogP contribution in [0.1, 0.15) is 32.4 Å². The van der Waals surface area contributed by atoms with Crippen molar-refractivity contribution >= 4 is 0 Å². The third kappa shape index (κ3) is 2.45. The second-order valence-corrected chi connectivity index (χ2v) is 4.48. The Kier molecular flexibility index (Phi) is 3.11. The molecule has 1 heterocycles. The van der Waals surface area contributed by atoms with Crippen LogP contribution in [0.4, 0.5) is 0 Å². The number of nitrogens with zero attached hydrogens (tertiary/aromatic N) is 1. The molecule has 0 unspecified atom stereocenters. The van der Waals surface area contributed by atoms with Gasteiger partial charge in [0.1, 0.15) is 0 Å². The Morgan fingerprint density at radius 3 is 2.57 bits per heavy atom. The molecular formula is C11H18N2O. The highest BCUT2D eigenvalue weighted by Gasteiger charge is 2.22. The summed E-state index contributed by atoms with van der Waals surface area (Å²) in [4.78, 5) is 4.04. The average molecular weight is 194 g/mol. The lowest BCUT2D eigenvalue weighted by Crippen LogP contribution is -2.26. The summed E-state index contributed by atoms with van der Waals surface area (Å²) in [6, 6.07) is 3.81. The number of nitrogens with two attached hydrogens (primary N) is 1. The SMILES string of the molecule is COc1cc([C@H](N)C(C)(C)C)ccn1. The summed E-state index contributed by atoms with van der Waals surface area (Å²) in [5, 5.41) is 0. The number of methoxy groups -OCH3 is 1. The molecule has 0 aromatic carbocycles. The standard InChI is InChI=1S/C11H18N2O/c1-11(2,3)10(12)8-5-6-13-9(7-8)14-4/h5-7,10H,12H2,1-4H3/t10-/m0/s1. The van der Waals surface area contributed by atoms with E-state index in [0.717, 1.165) is 5.56 Å². The maximum absolute atomic E-state index is 6.11. The zero-order valence-electron chi connectivity index (χ0n) is 9.24. The fourth-order valence-corrected chi connectivity index (χ4v) is 1.23. The van der Waals surface area contributed by atoms with Gasteiger partial charge < -0.3 is 10.5 Å². The van der Waals surface area contributed by atoms with Gasteiger partial charge in [0.2, 0.25) is 5.88 Å². The van der Waals surface area contributed by atoms with Gasteiger partial charge in [0.15, 0.2) is 0 Å². The number of hydrogen-bond acceptors (Lipinski definition) is 3. The largest absolute Gasteiger partial charge is 0.481 e. The molecule has 0 saturated heterocycles. The van der Waals surface area contributed by atoms with E-state index in [0.29, 0.717) is 5.88 Å². The quantitative estimate of drug-likeness (QED) is 0.784. The number of ether oxygens (including phenoxy) is 1. The van der Waals surface area contributed by atoms with Crippen molar-refractivity contribution in [1.29, 1.82) is 0 Å². The molecule has 78 valence electrons. The molecule has 0 aliphatic carbocycles. The molecule has 1 aromatic heterocycles. The number of pyridine rings is 1. The molecule has 0 saturated carbocycles. The summed E-state index contributed by atoms with van der Waals surface area (Å²) in [6.07, 6.45) is 1.72. The molecule has 2 N–H and O–H groups in total. The summed E-state index contributed by atoms with van der Waals surface area (Å²) >= 11 is 0. The molecule has 0 spiro atoms. The minimum Gasteiger partial charge on any atom is -0.481 e. The van der Waals surface area contributed by atoms with Gasteiger partial charge in [-0.25, -0.2) is 4.98 Å². The van der Waals surface area contributed by atoms with E-state index in [-0.39, 0.29) is 11.5 Å². The molecule has 1 aromatic rings. The van der Waals surface area contributed by atoms with Gasteiger partial charge in [0.05, 0.1) is 7.11 Å². The highest BCUT2D eigenvalue weighted by Crippen LogP contribution is 2.30. The van der Waals surface area contributed by atoms with Gasteiger partial charge in [-0.2, -0.15) is 0 Å². The van der Waals surface area contributed by atoms with Crippen LogP contribution in [0.3, 0.4) is 0 Å². The van der Waals surface area contributed by atoms with Crippen molar-refractivity contribution < 1.29 is 4.74 Å². The van der Waals surface area contributed by atoms with Gasteiger partial charge in [-0.1, -0.05) is 20.8 Å². The maximum atomic E-state index is 6.11. The van der Waals surface area contributed by atoms with Crippen LogP contribution in [-0.4, -0.2) is 12.1 Å². The Morgan fingerprint density at radius 1 is 1.43 bits per heavy atom. The van der Waals surface area contributed by atoms with Crippen LogP contribution in [0.15, 0.2) is 18.3 Å². The lowest BCUT2D eigenvalue weighted by molar-refractivity contribution is 0.324. The molecular weight excluding hydrogens is 176 g/mol. The van der Waals surface area contributed by atoms with Crippen LogP contribution in [-0.2, 0) is 0 Å². The molecule has 0 amide bonds. The molecule has 0 fully saturated rings. The second kappa shape index (κ2) is 3.96. The molecule has 1 rings (SSSR count). The van der Waals surface area contributed by atoms with Crippen LogP contribution in [0.5, 0.6) is 5.88 Å². The van der Waals surface area contributed by atoms with Crippen molar-refractivity contribution in [2.24, 2.45) is 11.1 Å². The van der Waals surface area contributed by atoms with Gasteiger partial charge in [0, 0.05) is 18.3 Å². The van der Waals surface area contributed by atoms with E-state index in [1.54, 1.807) is 13.3 Å². The minimum atomic E-state index is -0.000556. The van der Waals surface area contributed by atoms with E-state index >= 15 is 0 Å². The van der Waals surface area contributed by atoms with Crippen molar-refractivity contribution in [3.8, 4) is 5.88 Å². The monoisotopic (exact) mass is 194 g/mol. The van der Waals surface area contributed by atoms with Crippen LogP contribution < -0.4 is 10.5 Å². The lowest BCUT2D eigenvalue weighted by atomic mass is 9.83. The molecule has 0 aliphatic rings. The van der Waals surface area contributed by atoms with Crippen molar-refractivity contribution in [1.82, 2.24) is 4.98 Å². The topological polar surface area (TPSA) is 48.1 Å². The zero-order valence-corrected chi connectivity index (χ0v) is 9.24. The summed E-state index contributed by atoms with van der Waals surface area (Å²) in [5.74, 6) is 0.613. The van der Waals surface area contributed by atoms with Gasteiger partial charge >= 0.3 is 0 Å². The van der Waals surface area contributed by atoms with Crippen LogP contribution in [0.25, 0.3) is 0 Å². The maximum Gasteiger partial charge on any atom is 0.213 e. The fourth-order valence-electron chi connectivity index (χ4n) is 1.23. The first-order valence-electron chi connectivity index (χ1n) is 4.70. The number of aromatic nitrogens is 1. The average Bonchev–Trinajstić information content (AvgIpc) is 2.15. The van der Waals surface area contributed by atoms with Crippen molar-refractivity contribution in [2.75, 3.05) is 7.11 Å². The first-order chi connectivity index (χ1) is 6.45. The number of rotatable bonds is 2. The second-order valence-electron chi connectivity index (χ2n) is 4.48. The van der Waals surface area contributed by atoms with Crippen molar-refractivity contribution in [3.63, 3.8) is 0 Å². The molecule has 0 bridgehead atoms. The van der Waals surface area contributed by atoms with E-state index in [4.69, 9.17) is 10.5 Å². The molecule has 0 aliphatic heterocycles.